The molecule has 0 bridgehead atoms. The van der Waals surface area contributed by atoms with Crippen molar-refractivity contribution in [2.75, 3.05) is 42.9 Å². The number of benzene rings is 2. The van der Waals surface area contributed by atoms with Crippen LogP contribution in [-0.2, 0) is 4.79 Å². The number of hydrogen-bond donors (Lipinski definition) is 2. The van der Waals surface area contributed by atoms with Crippen LogP contribution in [-0.4, -0.2) is 44.4 Å². The molecule has 5 nitrogen and oxygen atoms in total. The molecule has 1 heterocycles. The SMILES string of the molecule is CC(=O)c1ccc(N2CC[NH+](CC(=O)Nc3cc(F)ccc3F)CC2)cc1. The molecular formula is C20H22F2N3O2+. The van der Waals surface area contributed by atoms with E-state index in [0.29, 0.717) is 5.56 Å². The second kappa shape index (κ2) is 8.26. The lowest BCUT2D eigenvalue weighted by Gasteiger charge is -2.33. The number of Topliss-reactive ketones (excluding diaryl/α,β-unsaturated/α-hetero) is 1. The van der Waals surface area contributed by atoms with Crippen molar-refractivity contribution in [3.8, 4) is 0 Å². The second-order valence-corrected chi connectivity index (χ2v) is 6.69. The van der Waals surface area contributed by atoms with E-state index in [1.54, 1.807) is 0 Å². The van der Waals surface area contributed by atoms with Gasteiger partial charge in [-0.05, 0) is 43.3 Å². The second-order valence-electron chi connectivity index (χ2n) is 6.69. The highest BCUT2D eigenvalue weighted by atomic mass is 19.1. The Morgan fingerprint density at radius 1 is 1.07 bits per heavy atom. The molecule has 2 N–H and O–H groups in total. The van der Waals surface area contributed by atoms with Gasteiger partial charge in [-0.25, -0.2) is 8.78 Å². The Kier molecular flexibility index (Phi) is 5.81. The van der Waals surface area contributed by atoms with Gasteiger partial charge in [0.1, 0.15) is 11.6 Å². The van der Waals surface area contributed by atoms with Gasteiger partial charge < -0.3 is 15.1 Å². The van der Waals surface area contributed by atoms with E-state index in [2.05, 4.69) is 10.2 Å². The third-order valence-corrected chi connectivity index (χ3v) is 4.72. The number of ketones is 1. The molecule has 1 aliphatic rings. The third kappa shape index (κ3) is 4.89. The van der Waals surface area contributed by atoms with E-state index in [-0.39, 0.29) is 23.9 Å². The Bertz CT molecular complexity index is 832. The lowest BCUT2D eigenvalue weighted by Crippen LogP contribution is -3.15. The van der Waals surface area contributed by atoms with Gasteiger partial charge in [0.05, 0.1) is 31.9 Å². The highest BCUT2D eigenvalue weighted by molar-refractivity contribution is 5.94. The number of quaternary nitrogens is 1. The topological polar surface area (TPSA) is 53.9 Å². The summed E-state index contributed by atoms with van der Waals surface area (Å²) in [5.74, 6) is -1.55. The summed E-state index contributed by atoms with van der Waals surface area (Å²) in [4.78, 5) is 26.8. The van der Waals surface area contributed by atoms with Crippen molar-refractivity contribution in [3.05, 3.63) is 59.7 Å². The number of nitrogens with zero attached hydrogens (tertiary/aromatic N) is 1. The van der Waals surface area contributed by atoms with Gasteiger partial charge in [-0.15, -0.1) is 0 Å². The van der Waals surface area contributed by atoms with E-state index >= 15 is 0 Å². The van der Waals surface area contributed by atoms with Gasteiger partial charge in [-0.1, -0.05) is 0 Å². The minimum absolute atomic E-state index is 0.0385. The Morgan fingerprint density at radius 2 is 1.74 bits per heavy atom. The molecule has 3 rings (SSSR count). The van der Waals surface area contributed by atoms with Gasteiger partial charge in [0.2, 0.25) is 0 Å². The fourth-order valence-electron chi connectivity index (χ4n) is 3.18. The molecule has 1 amide bonds. The van der Waals surface area contributed by atoms with Gasteiger partial charge in [-0.2, -0.15) is 0 Å². The first-order chi connectivity index (χ1) is 12.9. The van der Waals surface area contributed by atoms with Crippen LogP contribution in [0.15, 0.2) is 42.5 Å². The summed E-state index contributed by atoms with van der Waals surface area (Å²) in [6, 6.07) is 10.5. The van der Waals surface area contributed by atoms with E-state index in [1.165, 1.54) is 6.92 Å². The molecule has 1 aliphatic heterocycles. The van der Waals surface area contributed by atoms with Crippen molar-refractivity contribution in [2.24, 2.45) is 0 Å². The molecule has 27 heavy (non-hydrogen) atoms. The predicted molar refractivity (Wildman–Crippen MR) is 99.2 cm³/mol. The lowest BCUT2D eigenvalue weighted by atomic mass is 10.1. The van der Waals surface area contributed by atoms with Crippen molar-refractivity contribution in [2.45, 2.75) is 6.92 Å². The fraction of sp³-hybridized carbons (Fsp3) is 0.300. The fourth-order valence-corrected chi connectivity index (χ4v) is 3.18. The number of hydrogen-bond acceptors (Lipinski definition) is 3. The van der Waals surface area contributed by atoms with Crippen LogP contribution in [0, 0.1) is 11.6 Å². The molecule has 7 heteroatoms. The predicted octanol–water partition coefficient (Wildman–Crippen LogP) is 1.51. The summed E-state index contributed by atoms with van der Waals surface area (Å²) in [6.07, 6.45) is 0. The molecule has 1 saturated heterocycles. The van der Waals surface area contributed by atoms with Crippen molar-refractivity contribution >= 4 is 23.1 Å². The van der Waals surface area contributed by atoms with Crippen molar-refractivity contribution in [1.29, 1.82) is 0 Å². The van der Waals surface area contributed by atoms with E-state index in [0.717, 1.165) is 55.0 Å². The number of carbonyl (C=O) groups is 2. The molecule has 0 atom stereocenters. The first-order valence-corrected chi connectivity index (χ1v) is 8.87. The van der Waals surface area contributed by atoms with Gasteiger partial charge in [0.25, 0.3) is 5.91 Å². The van der Waals surface area contributed by atoms with E-state index in [1.807, 2.05) is 24.3 Å². The van der Waals surface area contributed by atoms with E-state index in [9.17, 15) is 18.4 Å². The summed E-state index contributed by atoms with van der Waals surface area (Å²) in [5, 5.41) is 2.44. The quantitative estimate of drug-likeness (QED) is 0.781. The van der Waals surface area contributed by atoms with E-state index in [4.69, 9.17) is 0 Å². The molecule has 0 aliphatic carbocycles. The smallest absolute Gasteiger partial charge is 0.279 e. The van der Waals surface area contributed by atoms with Crippen LogP contribution < -0.4 is 15.1 Å². The minimum atomic E-state index is -0.654. The Morgan fingerprint density at radius 3 is 2.37 bits per heavy atom. The van der Waals surface area contributed by atoms with Crippen LogP contribution in [0.5, 0.6) is 0 Å². The Labute approximate surface area is 156 Å². The molecule has 0 aromatic heterocycles. The number of piperazine rings is 1. The monoisotopic (exact) mass is 374 g/mol. The zero-order valence-corrected chi connectivity index (χ0v) is 15.1. The largest absolute Gasteiger partial charge is 0.360 e. The standard InChI is InChI=1S/C20H21F2N3O2/c1-14(26)15-2-5-17(6-3-15)25-10-8-24(9-11-25)13-20(27)23-19-12-16(21)4-7-18(19)22/h2-7,12H,8-11,13H2,1H3,(H,23,27)/p+1. The zero-order chi connectivity index (χ0) is 19.4. The maximum atomic E-state index is 13.6. The summed E-state index contributed by atoms with van der Waals surface area (Å²) in [5.41, 5.74) is 1.60. The Hall–Kier alpha value is -2.80. The maximum Gasteiger partial charge on any atom is 0.279 e. The number of nitrogens with one attached hydrogen (secondary N) is 2. The number of anilines is 2. The Balaban J connectivity index is 1.51. The number of halogens is 2. The number of rotatable bonds is 5. The zero-order valence-electron chi connectivity index (χ0n) is 15.1. The van der Waals surface area contributed by atoms with Crippen LogP contribution in [0.3, 0.4) is 0 Å². The van der Waals surface area contributed by atoms with Crippen LogP contribution in [0.2, 0.25) is 0 Å². The molecule has 2 aromatic rings. The highest BCUT2D eigenvalue weighted by Gasteiger charge is 2.23. The summed E-state index contributed by atoms with van der Waals surface area (Å²) >= 11 is 0. The molecule has 2 aromatic carbocycles. The van der Waals surface area contributed by atoms with E-state index < -0.39 is 11.6 Å². The first-order valence-electron chi connectivity index (χ1n) is 8.87. The average Bonchev–Trinajstić information content (AvgIpc) is 2.65. The van der Waals surface area contributed by atoms with Gasteiger partial charge in [-0.3, -0.25) is 9.59 Å². The molecule has 0 saturated carbocycles. The summed E-state index contributed by atoms with van der Waals surface area (Å²) in [7, 11) is 0. The molecular weight excluding hydrogens is 352 g/mol. The van der Waals surface area contributed by atoms with Crippen LogP contribution in [0.25, 0.3) is 0 Å². The van der Waals surface area contributed by atoms with Crippen molar-refractivity contribution in [3.63, 3.8) is 0 Å². The molecule has 0 unspecified atom stereocenters. The summed E-state index contributed by atoms with van der Waals surface area (Å²) < 4.78 is 26.8. The van der Waals surface area contributed by atoms with Crippen LogP contribution >= 0.6 is 0 Å². The third-order valence-electron chi connectivity index (χ3n) is 4.72. The van der Waals surface area contributed by atoms with Crippen molar-refractivity contribution < 1.29 is 23.3 Å². The highest BCUT2D eigenvalue weighted by Crippen LogP contribution is 2.16. The number of carbonyl (C=O) groups excluding carboxylic acids is 2. The molecule has 0 spiro atoms. The molecule has 142 valence electrons. The minimum Gasteiger partial charge on any atom is -0.360 e. The lowest BCUT2D eigenvalue weighted by molar-refractivity contribution is -0.892. The van der Waals surface area contributed by atoms with Gasteiger partial charge in [0.15, 0.2) is 12.3 Å². The normalized spacial score (nSPS) is 14.9. The molecule has 1 fully saturated rings. The van der Waals surface area contributed by atoms with Gasteiger partial charge in [0, 0.05) is 17.3 Å². The van der Waals surface area contributed by atoms with Crippen molar-refractivity contribution in [1.82, 2.24) is 0 Å². The van der Waals surface area contributed by atoms with Gasteiger partial charge >= 0.3 is 0 Å². The summed E-state index contributed by atoms with van der Waals surface area (Å²) in [6.45, 7) is 4.80. The first kappa shape index (κ1) is 19.0. The molecule has 0 radical (unpaired) electrons. The maximum absolute atomic E-state index is 13.6. The van der Waals surface area contributed by atoms with Crippen LogP contribution in [0.4, 0.5) is 20.2 Å². The number of amides is 1. The van der Waals surface area contributed by atoms with Crippen LogP contribution in [0.1, 0.15) is 17.3 Å². The average molecular weight is 374 g/mol.